The van der Waals surface area contributed by atoms with Crippen molar-refractivity contribution in [1.82, 2.24) is 0 Å². The summed E-state index contributed by atoms with van der Waals surface area (Å²) in [6.45, 7) is 1.80. The highest BCUT2D eigenvalue weighted by atomic mass is 35.5. The first-order valence-corrected chi connectivity index (χ1v) is 5.59. The first kappa shape index (κ1) is 12.8. The van der Waals surface area contributed by atoms with Crippen molar-refractivity contribution in [2.45, 2.75) is 19.3 Å². The van der Waals surface area contributed by atoms with Gasteiger partial charge in [0.05, 0.1) is 6.61 Å². The van der Waals surface area contributed by atoms with Crippen LogP contribution in [0.4, 0.5) is 0 Å². The molecule has 16 heavy (non-hydrogen) atoms. The van der Waals surface area contributed by atoms with Gasteiger partial charge in [-0.2, -0.15) is 0 Å². The van der Waals surface area contributed by atoms with Crippen molar-refractivity contribution >= 4 is 18.1 Å². The molecule has 0 atom stereocenters. The van der Waals surface area contributed by atoms with E-state index in [-0.39, 0.29) is 0 Å². The molecule has 1 aromatic carbocycles. The largest absolute Gasteiger partial charge is 0.457 e. The van der Waals surface area contributed by atoms with Crippen molar-refractivity contribution in [2.24, 2.45) is 0 Å². The average Bonchev–Trinajstić information content (AvgIpc) is 2.30. The molecule has 0 aliphatic heterocycles. The van der Waals surface area contributed by atoms with Crippen molar-refractivity contribution in [2.75, 3.05) is 6.61 Å². The second-order valence-corrected chi connectivity index (χ2v) is 3.79. The van der Waals surface area contributed by atoms with E-state index >= 15 is 0 Å². The van der Waals surface area contributed by atoms with Crippen LogP contribution in [0.3, 0.4) is 0 Å². The van der Waals surface area contributed by atoms with E-state index in [9.17, 15) is 4.79 Å². The molecule has 0 unspecified atom stereocenters. The number of allylic oxidation sites excluding steroid dienone is 1. The highest BCUT2D eigenvalue weighted by Crippen LogP contribution is 2.11. The Morgan fingerprint density at radius 3 is 2.56 bits per heavy atom. The number of ether oxygens (including phenoxy) is 1. The van der Waals surface area contributed by atoms with Crippen LogP contribution in [0.25, 0.3) is 0 Å². The Kier molecular flexibility index (Phi) is 6.35. The number of hydrogen-bond donors (Lipinski definition) is 0. The third-order valence-electron chi connectivity index (χ3n) is 2.13. The Balaban J connectivity index is 2.15. The van der Waals surface area contributed by atoms with Gasteiger partial charge < -0.3 is 4.74 Å². The molecule has 0 fully saturated rings. The van der Waals surface area contributed by atoms with E-state index in [1.807, 2.05) is 30.3 Å². The third kappa shape index (κ3) is 5.56. The molecule has 0 heterocycles. The molecule has 0 aromatic heterocycles. The maximum absolute atomic E-state index is 9.72. The molecule has 0 saturated heterocycles. The summed E-state index contributed by atoms with van der Waals surface area (Å²) in [6, 6.07) is 7.85. The lowest BCUT2D eigenvalue weighted by molar-refractivity contribution is 0.284. The minimum atomic E-state index is 0.404. The summed E-state index contributed by atoms with van der Waals surface area (Å²) < 4.78 is 4.44. The van der Waals surface area contributed by atoms with Gasteiger partial charge in [-0.15, -0.1) is 0 Å². The second-order valence-electron chi connectivity index (χ2n) is 3.36. The summed E-state index contributed by atoms with van der Waals surface area (Å²) in [5.41, 5.74) is 1.27. The standard InChI is InChI=1S/C13H14ClO2/c14-13-8-6-12(7-9-13)5-3-1-2-4-10-16-11-15/h1-2,6-9H,3-5,10H2/b2-1+. The number of benzene rings is 1. The topological polar surface area (TPSA) is 26.3 Å². The maximum atomic E-state index is 9.72. The summed E-state index contributed by atoms with van der Waals surface area (Å²) in [7, 11) is 0. The molecule has 0 aliphatic rings. The smallest absolute Gasteiger partial charge is 0.417 e. The number of rotatable bonds is 7. The van der Waals surface area contributed by atoms with Crippen molar-refractivity contribution in [3.8, 4) is 0 Å². The maximum Gasteiger partial charge on any atom is 0.417 e. The molecule has 0 amide bonds. The van der Waals surface area contributed by atoms with E-state index in [2.05, 4.69) is 10.8 Å². The summed E-state index contributed by atoms with van der Waals surface area (Å²) in [6.07, 6.45) is 6.81. The molecule has 0 spiro atoms. The highest BCUT2D eigenvalue weighted by Gasteiger charge is 1.91. The zero-order valence-electron chi connectivity index (χ0n) is 8.99. The predicted octanol–water partition coefficient (Wildman–Crippen LogP) is 3.30. The van der Waals surface area contributed by atoms with Crippen LogP contribution < -0.4 is 0 Å². The van der Waals surface area contributed by atoms with Crippen LogP contribution in [0.1, 0.15) is 18.4 Å². The Hall–Kier alpha value is -1.28. The minimum Gasteiger partial charge on any atom is -0.457 e. The van der Waals surface area contributed by atoms with Gasteiger partial charge in [0, 0.05) is 5.02 Å². The molecule has 0 saturated carbocycles. The molecule has 0 aliphatic carbocycles. The van der Waals surface area contributed by atoms with Gasteiger partial charge in [-0.25, -0.2) is 4.79 Å². The fourth-order valence-electron chi connectivity index (χ4n) is 1.31. The Labute approximate surface area is 101 Å². The first-order chi connectivity index (χ1) is 7.83. The Morgan fingerprint density at radius 1 is 1.19 bits per heavy atom. The summed E-state index contributed by atoms with van der Waals surface area (Å²) in [4.78, 5) is 9.72. The van der Waals surface area contributed by atoms with Crippen LogP contribution in [-0.2, 0) is 16.0 Å². The Morgan fingerprint density at radius 2 is 1.88 bits per heavy atom. The molecule has 3 heteroatoms. The number of hydrogen-bond acceptors (Lipinski definition) is 2. The van der Waals surface area contributed by atoms with Crippen LogP contribution in [0, 0.1) is 0 Å². The van der Waals surface area contributed by atoms with Crippen LogP contribution in [0.2, 0.25) is 5.02 Å². The molecule has 85 valence electrons. The molecule has 0 N–H and O–H groups in total. The van der Waals surface area contributed by atoms with E-state index < -0.39 is 0 Å². The van der Waals surface area contributed by atoms with Gasteiger partial charge in [0.1, 0.15) is 0 Å². The van der Waals surface area contributed by atoms with Gasteiger partial charge in [-0.1, -0.05) is 35.9 Å². The lowest BCUT2D eigenvalue weighted by Gasteiger charge is -1.98. The normalized spacial score (nSPS) is 10.6. The summed E-state index contributed by atoms with van der Waals surface area (Å²) in [5, 5.41) is 0.765. The van der Waals surface area contributed by atoms with E-state index in [1.165, 1.54) is 12.0 Å². The van der Waals surface area contributed by atoms with Gasteiger partial charge >= 0.3 is 6.47 Å². The van der Waals surface area contributed by atoms with Gasteiger partial charge in [0.2, 0.25) is 0 Å². The molecule has 0 bridgehead atoms. The molecular formula is C13H14ClO2. The fourth-order valence-corrected chi connectivity index (χ4v) is 1.43. The lowest BCUT2D eigenvalue weighted by atomic mass is 10.1. The Bertz CT molecular complexity index is 330. The number of halogens is 1. The molecule has 1 rings (SSSR count). The number of carbonyl (C=O) groups excluding carboxylic acids is 1. The van der Waals surface area contributed by atoms with Gasteiger partial charge in [-0.05, 0) is 37.0 Å². The van der Waals surface area contributed by atoms with Crippen molar-refractivity contribution < 1.29 is 9.53 Å². The molecular weight excluding hydrogens is 224 g/mol. The zero-order chi connectivity index (χ0) is 11.6. The summed E-state index contributed by atoms with van der Waals surface area (Å²) in [5.74, 6) is 0. The molecule has 1 aromatic rings. The summed E-state index contributed by atoms with van der Waals surface area (Å²) >= 11 is 5.78. The van der Waals surface area contributed by atoms with Gasteiger partial charge in [0.25, 0.3) is 0 Å². The van der Waals surface area contributed by atoms with Gasteiger partial charge in [-0.3, -0.25) is 0 Å². The highest BCUT2D eigenvalue weighted by molar-refractivity contribution is 6.30. The predicted molar refractivity (Wildman–Crippen MR) is 65.2 cm³/mol. The monoisotopic (exact) mass is 237 g/mol. The van der Waals surface area contributed by atoms with Crippen LogP contribution in [0.5, 0.6) is 0 Å². The van der Waals surface area contributed by atoms with Crippen molar-refractivity contribution in [3.63, 3.8) is 0 Å². The van der Waals surface area contributed by atoms with Crippen LogP contribution in [-0.4, -0.2) is 13.1 Å². The fraction of sp³-hybridized carbons (Fsp3) is 0.308. The van der Waals surface area contributed by atoms with Gasteiger partial charge in [0.15, 0.2) is 0 Å². The van der Waals surface area contributed by atoms with E-state index in [0.717, 1.165) is 24.3 Å². The molecule has 2 nitrogen and oxygen atoms in total. The zero-order valence-corrected chi connectivity index (χ0v) is 9.74. The molecule has 1 radical (unpaired) electrons. The average molecular weight is 238 g/mol. The van der Waals surface area contributed by atoms with Crippen LogP contribution in [0.15, 0.2) is 36.4 Å². The van der Waals surface area contributed by atoms with Crippen molar-refractivity contribution in [1.29, 1.82) is 0 Å². The minimum absolute atomic E-state index is 0.404. The van der Waals surface area contributed by atoms with Crippen molar-refractivity contribution in [3.05, 3.63) is 47.0 Å². The SMILES string of the molecule is O=[C]OCC/C=C/CCc1ccc(Cl)cc1. The first-order valence-electron chi connectivity index (χ1n) is 5.21. The second kappa shape index (κ2) is 7.94. The van der Waals surface area contributed by atoms with E-state index in [1.54, 1.807) is 0 Å². The van der Waals surface area contributed by atoms with E-state index in [0.29, 0.717) is 6.61 Å². The van der Waals surface area contributed by atoms with Crippen LogP contribution >= 0.6 is 11.6 Å². The number of aryl methyl sites for hydroxylation is 1. The van der Waals surface area contributed by atoms with E-state index in [4.69, 9.17) is 11.6 Å². The third-order valence-corrected chi connectivity index (χ3v) is 2.38. The quantitative estimate of drug-likeness (QED) is 0.537. The lowest BCUT2D eigenvalue weighted by Crippen LogP contribution is -1.88.